The molecule has 0 bridgehead atoms. The average Bonchev–Trinajstić information content (AvgIpc) is 2.12. The fourth-order valence-corrected chi connectivity index (χ4v) is 1.07. The maximum atomic E-state index is 13.0. The highest BCUT2D eigenvalue weighted by atomic mass is 19.2. The quantitative estimate of drug-likeness (QED) is 0.614. The molecule has 0 spiro atoms. The lowest BCUT2D eigenvalue weighted by molar-refractivity contribution is -0.385. The zero-order valence-electron chi connectivity index (χ0n) is 7.24. The van der Waals surface area contributed by atoms with E-state index < -0.39 is 40.2 Å². The maximum Gasteiger partial charge on any atom is 0.308 e. The van der Waals surface area contributed by atoms with E-state index in [0.717, 1.165) is 6.07 Å². The summed E-state index contributed by atoms with van der Waals surface area (Å²) < 4.78 is 25.7. The number of carboxylic acids is 1. The van der Waals surface area contributed by atoms with Crippen molar-refractivity contribution in [3.63, 3.8) is 0 Å². The Kier molecular flexibility index (Phi) is 2.93. The lowest BCUT2D eigenvalue weighted by Gasteiger charge is -2.02. The summed E-state index contributed by atoms with van der Waals surface area (Å²) in [6.45, 7) is 0. The predicted octanol–water partition coefficient (Wildman–Crippen LogP) is 1.50. The molecular formula is C8H5F2NO4. The first-order valence-corrected chi connectivity index (χ1v) is 3.76. The van der Waals surface area contributed by atoms with Crippen LogP contribution in [0.3, 0.4) is 0 Å². The molecule has 1 aromatic rings. The Labute approximate surface area is 82.1 Å². The van der Waals surface area contributed by atoms with E-state index in [0.29, 0.717) is 6.07 Å². The van der Waals surface area contributed by atoms with Crippen molar-refractivity contribution in [3.8, 4) is 0 Å². The van der Waals surface area contributed by atoms with Gasteiger partial charge in [-0.25, -0.2) is 8.78 Å². The summed E-state index contributed by atoms with van der Waals surface area (Å²) in [5.74, 6) is -4.27. The number of hydrogen-bond acceptors (Lipinski definition) is 3. The first-order valence-electron chi connectivity index (χ1n) is 3.76. The minimum Gasteiger partial charge on any atom is -0.481 e. The van der Waals surface area contributed by atoms with E-state index in [1.807, 2.05) is 0 Å². The smallest absolute Gasteiger partial charge is 0.308 e. The Morgan fingerprint density at radius 1 is 1.47 bits per heavy atom. The van der Waals surface area contributed by atoms with Gasteiger partial charge in [-0.05, 0) is 6.07 Å². The molecule has 7 heteroatoms. The van der Waals surface area contributed by atoms with Gasteiger partial charge in [0.15, 0.2) is 11.6 Å². The van der Waals surface area contributed by atoms with Crippen molar-refractivity contribution >= 4 is 11.7 Å². The normalized spacial score (nSPS) is 10.0. The summed E-state index contributed by atoms with van der Waals surface area (Å²) in [4.78, 5) is 19.7. The molecule has 0 saturated carbocycles. The third-order valence-electron chi connectivity index (χ3n) is 1.70. The van der Waals surface area contributed by atoms with E-state index in [-0.39, 0.29) is 0 Å². The zero-order chi connectivity index (χ0) is 11.6. The van der Waals surface area contributed by atoms with Gasteiger partial charge in [-0.15, -0.1) is 0 Å². The van der Waals surface area contributed by atoms with Gasteiger partial charge in [-0.3, -0.25) is 14.9 Å². The Morgan fingerprint density at radius 3 is 2.53 bits per heavy atom. The van der Waals surface area contributed by atoms with E-state index >= 15 is 0 Å². The van der Waals surface area contributed by atoms with Crippen molar-refractivity contribution in [1.29, 1.82) is 0 Å². The van der Waals surface area contributed by atoms with Crippen molar-refractivity contribution in [2.75, 3.05) is 0 Å². The third-order valence-corrected chi connectivity index (χ3v) is 1.70. The number of halogens is 2. The zero-order valence-corrected chi connectivity index (χ0v) is 7.24. The van der Waals surface area contributed by atoms with Gasteiger partial charge in [0.1, 0.15) is 0 Å². The molecular weight excluding hydrogens is 212 g/mol. The standard InChI is InChI=1S/C8H5F2NO4/c9-5-1-2-6(11(14)15)4(8(5)10)3-7(12)13/h1-2H,3H2,(H,12,13). The summed E-state index contributed by atoms with van der Waals surface area (Å²) in [5, 5.41) is 18.8. The molecule has 15 heavy (non-hydrogen) atoms. The van der Waals surface area contributed by atoms with Crippen LogP contribution < -0.4 is 0 Å². The van der Waals surface area contributed by atoms with E-state index in [1.54, 1.807) is 0 Å². The van der Waals surface area contributed by atoms with Crippen LogP contribution in [0.15, 0.2) is 12.1 Å². The van der Waals surface area contributed by atoms with Crippen LogP contribution in [0.4, 0.5) is 14.5 Å². The molecule has 0 aliphatic rings. The van der Waals surface area contributed by atoms with Gasteiger partial charge in [0, 0.05) is 6.07 Å². The largest absolute Gasteiger partial charge is 0.481 e. The molecule has 0 atom stereocenters. The summed E-state index contributed by atoms with van der Waals surface area (Å²) in [5.41, 5.74) is -1.50. The fraction of sp³-hybridized carbons (Fsp3) is 0.125. The van der Waals surface area contributed by atoms with Crippen LogP contribution in [-0.4, -0.2) is 16.0 Å². The molecule has 5 nitrogen and oxygen atoms in total. The van der Waals surface area contributed by atoms with E-state index in [1.165, 1.54) is 0 Å². The van der Waals surface area contributed by atoms with Crippen LogP contribution >= 0.6 is 0 Å². The number of nitro groups is 1. The fourth-order valence-electron chi connectivity index (χ4n) is 1.07. The molecule has 80 valence electrons. The van der Waals surface area contributed by atoms with E-state index in [9.17, 15) is 23.7 Å². The van der Waals surface area contributed by atoms with Crippen LogP contribution in [0.25, 0.3) is 0 Å². The Bertz CT molecular complexity index is 433. The van der Waals surface area contributed by atoms with E-state index in [2.05, 4.69) is 0 Å². The molecule has 0 aromatic heterocycles. The number of nitro benzene ring substituents is 1. The molecule has 0 radical (unpaired) electrons. The lowest BCUT2D eigenvalue weighted by atomic mass is 10.1. The average molecular weight is 217 g/mol. The molecule has 1 N–H and O–H groups in total. The molecule has 0 aliphatic carbocycles. The highest BCUT2D eigenvalue weighted by molar-refractivity contribution is 5.72. The molecule has 0 aliphatic heterocycles. The predicted molar refractivity (Wildman–Crippen MR) is 44.4 cm³/mol. The van der Waals surface area contributed by atoms with Gasteiger partial charge < -0.3 is 5.11 Å². The molecule has 0 unspecified atom stereocenters. The number of nitrogens with zero attached hydrogens (tertiary/aromatic N) is 1. The topological polar surface area (TPSA) is 80.4 Å². The second-order valence-electron chi connectivity index (χ2n) is 2.69. The van der Waals surface area contributed by atoms with E-state index in [4.69, 9.17) is 5.11 Å². The number of carboxylic acid groups (broad SMARTS) is 1. The Morgan fingerprint density at radius 2 is 2.07 bits per heavy atom. The number of aliphatic carboxylic acids is 1. The van der Waals surface area contributed by atoms with Crippen LogP contribution in [0.2, 0.25) is 0 Å². The van der Waals surface area contributed by atoms with Crippen molar-refractivity contribution in [2.45, 2.75) is 6.42 Å². The van der Waals surface area contributed by atoms with Gasteiger partial charge >= 0.3 is 5.97 Å². The molecule has 0 heterocycles. The SMILES string of the molecule is O=C(O)Cc1c([N+](=O)[O-])ccc(F)c1F. The molecule has 1 aromatic carbocycles. The van der Waals surface area contributed by atoms with Crippen molar-refractivity contribution in [2.24, 2.45) is 0 Å². The van der Waals surface area contributed by atoms with Crippen LogP contribution in [-0.2, 0) is 11.2 Å². The minimum absolute atomic E-state index is 0.582. The summed E-state index contributed by atoms with van der Waals surface area (Å²) in [6.07, 6.45) is -0.931. The highest BCUT2D eigenvalue weighted by Crippen LogP contribution is 2.23. The second-order valence-corrected chi connectivity index (χ2v) is 2.69. The first-order chi connectivity index (χ1) is 6.93. The number of benzene rings is 1. The lowest BCUT2D eigenvalue weighted by Crippen LogP contribution is -2.07. The van der Waals surface area contributed by atoms with Crippen molar-refractivity contribution in [3.05, 3.63) is 39.4 Å². The minimum atomic E-state index is -1.49. The van der Waals surface area contributed by atoms with Gasteiger partial charge in [0.2, 0.25) is 0 Å². The van der Waals surface area contributed by atoms with Gasteiger partial charge in [0.05, 0.1) is 16.9 Å². The Hall–Kier alpha value is -2.05. The molecule has 0 amide bonds. The van der Waals surface area contributed by atoms with Crippen molar-refractivity contribution in [1.82, 2.24) is 0 Å². The molecule has 1 rings (SSSR count). The third kappa shape index (κ3) is 2.25. The summed E-state index contributed by atoms with van der Waals surface area (Å²) in [7, 11) is 0. The Balaban J connectivity index is 3.34. The van der Waals surface area contributed by atoms with Crippen LogP contribution in [0, 0.1) is 21.7 Å². The highest BCUT2D eigenvalue weighted by Gasteiger charge is 2.23. The molecule has 0 saturated heterocycles. The van der Waals surface area contributed by atoms with Gasteiger partial charge in [-0.1, -0.05) is 0 Å². The first kappa shape index (κ1) is 11.0. The number of hydrogen-bond donors (Lipinski definition) is 1. The maximum absolute atomic E-state index is 13.0. The van der Waals surface area contributed by atoms with Crippen molar-refractivity contribution < 1.29 is 23.6 Å². The number of rotatable bonds is 3. The van der Waals surface area contributed by atoms with Crippen LogP contribution in [0.5, 0.6) is 0 Å². The summed E-state index contributed by atoms with van der Waals surface area (Å²) in [6, 6.07) is 1.31. The second kappa shape index (κ2) is 3.99. The summed E-state index contributed by atoms with van der Waals surface area (Å²) >= 11 is 0. The van der Waals surface area contributed by atoms with Gasteiger partial charge in [0.25, 0.3) is 5.69 Å². The monoisotopic (exact) mass is 217 g/mol. The molecule has 0 fully saturated rings. The number of carbonyl (C=O) groups is 1. The van der Waals surface area contributed by atoms with Crippen LogP contribution in [0.1, 0.15) is 5.56 Å². The van der Waals surface area contributed by atoms with Gasteiger partial charge in [-0.2, -0.15) is 0 Å².